The molecule has 0 radical (unpaired) electrons. The van der Waals surface area contributed by atoms with E-state index in [1.165, 1.54) is 0 Å². The third kappa shape index (κ3) is 3.25. The van der Waals surface area contributed by atoms with Crippen LogP contribution in [-0.4, -0.2) is 11.3 Å². The van der Waals surface area contributed by atoms with Gasteiger partial charge in [0.2, 0.25) is 0 Å². The van der Waals surface area contributed by atoms with E-state index in [4.69, 9.17) is 0 Å². The summed E-state index contributed by atoms with van der Waals surface area (Å²) in [6.07, 6.45) is -4.84. The summed E-state index contributed by atoms with van der Waals surface area (Å²) in [6, 6.07) is 11.0. The van der Waals surface area contributed by atoms with Gasteiger partial charge < -0.3 is 4.74 Å². The maximum absolute atomic E-state index is 12.2. The predicted molar refractivity (Wildman–Crippen MR) is 65.2 cm³/mol. The van der Waals surface area contributed by atoms with Crippen molar-refractivity contribution < 1.29 is 22.8 Å². The minimum Gasteiger partial charge on any atom is -0.406 e. The summed E-state index contributed by atoms with van der Waals surface area (Å²) < 4.78 is 40.3. The molecule has 0 saturated heterocycles. The monoisotopic (exact) mass is 283 g/mol. The van der Waals surface area contributed by atoms with Gasteiger partial charge in [0.05, 0.1) is 10.5 Å². The maximum Gasteiger partial charge on any atom is 0.573 e. The van der Waals surface area contributed by atoms with Crippen molar-refractivity contribution in [3.63, 3.8) is 0 Å². The van der Waals surface area contributed by atoms with E-state index in [1.54, 1.807) is 30.3 Å². The predicted octanol–water partition coefficient (Wildman–Crippen LogP) is 4.16. The summed E-state index contributed by atoms with van der Waals surface area (Å²) >= 11 is 0. The molecule has 20 heavy (non-hydrogen) atoms. The third-order valence-electron chi connectivity index (χ3n) is 2.48. The largest absolute Gasteiger partial charge is 0.573 e. The molecule has 7 heteroatoms. The van der Waals surface area contributed by atoms with Crippen molar-refractivity contribution in [1.82, 2.24) is 0 Å². The molecule has 0 spiro atoms. The van der Waals surface area contributed by atoms with Crippen LogP contribution in [0.1, 0.15) is 0 Å². The number of hydrogen-bond acceptors (Lipinski definition) is 3. The molecule has 0 heterocycles. The van der Waals surface area contributed by atoms with Crippen molar-refractivity contribution in [3.8, 4) is 16.9 Å². The molecule has 0 amide bonds. The first-order valence-electron chi connectivity index (χ1n) is 5.46. The van der Waals surface area contributed by atoms with Crippen LogP contribution in [0.25, 0.3) is 11.1 Å². The number of halogens is 3. The van der Waals surface area contributed by atoms with Crippen molar-refractivity contribution in [2.45, 2.75) is 6.36 Å². The molecule has 0 saturated carbocycles. The first kappa shape index (κ1) is 13.9. The molecule has 0 fully saturated rings. The van der Waals surface area contributed by atoms with E-state index in [1.807, 2.05) is 0 Å². The minimum atomic E-state index is -4.84. The second kappa shape index (κ2) is 5.20. The van der Waals surface area contributed by atoms with Crippen molar-refractivity contribution in [2.75, 3.05) is 0 Å². The minimum absolute atomic E-state index is 0.0670. The van der Waals surface area contributed by atoms with E-state index in [2.05, 4.69) is 4.74 Å². The number of ether oxygens (including phenoxy) is 1. The fraction of sp³-hybridized carbons (Fsp3) is 0.0769. The number of benzene rings is 2. The molecule has 2 rings (SSSR count). The second-order valence-corrected chi connectivity index (χ2v) is 3.85. The van der Waals surface area contributed by atoms with Gasteiger partial charge in [0.25, 0.3) is 5.69 Å². The van der Waals surface area contributed by atoms with Crippen LogP contribution in [0.3, 0.4) is 0 Å². The quantitative estimate of drug-likeness (QED) is 0.627. The number of nitro benzene ring substituents is 1. The lowest BCUT2D eigenvalue weighted by Gasteiger charge is -2.10. The number of nitro groups is 1. The molecule has 0 atom stereocenters. The van der Waals surface area contributed by atoms with E-state index in [9.17, 15) is 23.3 Å². The normalized spacial score (nSPS) is 11.2. The second-order valence-electron chi connectivity index (χ2n) is 3.85. The van der Waals surface area contributed by atoms with Crippen molar-refractivity contribution in [3.05, 3.63) is 58.6 Å². The Hall–Kier alpha value is -2.57. The molecule has 0 bridgehead atoms. The summed E-state index contributed by atoms with van der Waals surface area (Å²) in [5.41, 5.74) is 0.217. The average Bonchev–Trinajstić information content (AvgIpc) is 2.37. The SMILES string of the molecule is O=[N+]([O-])c1ccc(OC(F)(F)F)cc1-c1ccccc1. The molecule has 0 N–H and O–H groups in total. The van der Waals surface area contributed by atoms with Gasteiger partial charge in [-0.2, -0.15) is 0 Å². The van der Waals surface area contributed by atoms with Crippen molar-refractivity contribution in [2.24, 2.45) is 0 Å². The summed E-state index contributed by atoms with van der Waals surface area (Å²) in [6.45, 7) is 0. The smallest absolute Gasteiger partial charge is 0.406 e. The van der Waals surface area contributed by atoms with E-state index < -0.39 is 17.0 Å². The van der Waals surface area contributed by atoms with Gasteiger partial charge in [-0.25, -0.2) is 0 Å². The van der Waals surface area contributed by atoms with Crippen LogP contribution in [0.5, 0.6) is 5.75 Å². The molecule has 104 valence electrons. The Labute approximate surface area is 111 Å². The van der Waals surface area contributed by atoms with Crippen LogP contribution in [-0.2, 0) is 0 Å². The maximum atomic E-state index is 12.2. The highest BCUT2D eigenvalue weighted by molar-refractivity contribution is 5.74. The van der Waals surface area contributed by atoms with Gasteiger partial charge in [0.1, 0.15) is 5.75 Å². The molecular formula is C13H8F3NO3. The van der Waals surface area contributed by atoms with Crippen LogP contribution in [0.15, 0.2) is 48.5 Å². The van der Waals surface area contributed by atoms with Crippen molar-refractivity contribution >= 4 is 5.69 Å². The van der Waals surface area contributed by atoms with Gasteiger partial charge in [-0.15, -0.1) is 13.2 Å². The third-order valence-corrected chi connectivity index (χ3v) is 2.48. The Kier molecular flexibility index (Phi) is 3.60. The molecule has 0 aliphatic carbocycles. The highest BCUT2D eigenvalue weighted by Crippen LogP contribution is 2.34. The lowest BCUT2D eigenvalue weighted by atomic mass is 10.0. The summed E-state index contributed by atoms with van der Waals surface area (Å²) in [4.78, 5) is 10.3. The molecular weight excluding hydrogens is 275 g/mol. The van der Waals surface area contributed by atoms with Crippen LogP contribution in [0.2, 0.25) is 0 Å². The van der Waals surface area contributed by atoms with E-state index in [-0.39, 0.29) is 11.3 Å². The Morgan fingerprint density at radius 1 is 1.05 bits per heavy atom. The summed E-state index contributed by atoms with van der Waals surface area (Å²) in [5, 5.41) is 10.9. The molecule has 4 nitrogen and oxygen atoms in total. The zero-order chi connectivity index (χ0) is 14.8. The molecule has 2 aromatic rings. The van der Waals surface area contributed by atoms with Crippen LogP contribution in [0, 0.1) is 10.1 Å². The number of hydrogen-bond donors (Lipinski definition) is 0. The van der Waals surface area contributed by atoms with E-state index in [0.717, 1.165) is 18.2 Å². The van der Waals surface area contributed by atoms with Gasteiger partial charge in [0, 0.05) is 6.07 Å². The van der Waals surface area contributed by atoms with Gasteiger partial charge in [-0.3, -0.25) is 10.1 Å². The first-order chi connectivity index (χ1) is 9.37. The Morgan fingerprint density at radius 3 is 2.25 bits per heavy atom. The highest BCUT2D eigenvalue weighted by atomic mass is 19.4. The lowest BCUT2D eigenvalue weighted by molar-refractivity contribution is -0.384. The van der Waals surface area contributed by atoms with Gasteiger partial charge in [-0.1, -0.05) is 30.3 Å². The van der Waals surface area contributed by atoms with Crippen LogP contribution < -0.4 is 4.74 Å². The molecule has 0 aliphatic heterocycles. The fourth-order valence-corrected chi connectivity index (χ4v) is 1.72. The highest BCUT2D eigenvalue weighted by Gasteiger charge is 2.31. The Balaban J connectivity index is 2.51. The molecule has 0 aromatic heterocycles. The topological polar surface area (TPSA) is 52.4 Å². The first-order valence-corrected chi connectivity index (χ1v) is 5.46. The average molecular weight is 283 g/mol. The van der Waals surface area contributed by atoms with E-state index >= 15 is 0 Å². The number of alkyl halides is 3. The zero-order valence-corrected chi connectivity index (χ0v) is 9.92. The van der Waals surface area contributed by atoms with Gasteiger partial charge in [0.15, 0.2) is 0 Å². The Morgan fingerprint density at radius 2 is 1.70 bits per heavy atom. The van der Waals surface area contributed by atoms with Crippen molar-refractivity contribution in [1.29, 1.82) is 0 Å². The Bertz CT molecular complexity index is 627. The van der Waals surface area contributed by atoms with E-state index in [0.29, 0.717) is 5.56 Å². The number of rotatable bonds is 3. The fourth-order valence-electron chi connectivity index (χ4n) is 1.72. The zero-order valence-electron chi connectivity index (χ0n) is 9.92. The standard InChI is InChI=1S/C13H8F3NO3/c14-13(15,16)20-10-6-7-12(17(18)19)11(8-10)9-4-2-1-3-5-9/h1-8H. The number of nitrogens with zero attached hydrogens (tertiary/aromatic N) is 1. The summed E-state index contributed by atoms with van der Waals surface area (Å²) in [7, 11) is 0. The van der Waals surface area contributed by atoms with Gasteiger partial charge >= 0.3 is 6.36 Å². The summed E-state index contributed by atoms with van der Waals surface area (Å²) in [5.74, 6) is -0.498. The van der Waals surface area contributed by atoms with Crippen LogP contribution in [0.4, 0.5) is 18.9 Å². The van der Waals surface area contributed by atoms with Crippen LogP contribution >= 0.6 is 0 Å². The molecule has 2 aromatic carbocycles. The molecule has 0 unspecified atom stereocenters. The molecule has 0 aliphatic rings. The van der Waals surface area contributed by atoms with Gasteiger partial charge in [-0.05, 0) is 17.7 Å². The lowest BCUT2D eigenvalue weighted by Crippen LogP contribution is -2.17.